The van der Waals surface area contributed by atoms with Crippen molar-refractivity contribution in [1.82, 2.24) is 4.90 Å². The predicted octanol–water partition coefficient (Wildman–Crippen LogP) is 4.04. The maximum absolute atomic E-state index is 12.7. The van der Waals surface area contributed by atoms with Gasteiger partial charge in [-0.15, -0.1) is 0 Å². The summed E-state index contributed by atoms with van der Waals surface area (Å²) in [5.41, 5.74) is -0.136. The highest BCUT2D eigenvalue weighted by Crippen LogP contribution is 2.35. The van der Waals surface area contributed by atoms with Crippen LogP contribution in [-0.2, 0) is 9.05 Å². The maximum atomic E-state index is 12.7. The Morgan fingerprint density at radius 1 is 1.38 bits per heavy atom. The smallest absolute Gasteiger partial charge is 0.261 e. The van der Waals surface area contributed by atoms with E-state index in [9.17, 15) is 13.2 Å². The Labute approximate surface area is 142 Å². The van der Waals surface area contributed by atoms with Crippen molar-refractivity contribution in [3.8, 4) is 0 Å². The van der Waals surface area contributed by atoms with E-state index in [1.807, 2.05) is 13.8 Å². The molecular weight excluding hydrogens is 401 g/mol. The minimum Gasteiger partial charge on any atom is -0.333 e. The second-order valence-electron chi connectivity index (χ2n) is 5.58. The van der Waals surface area contributed by atoms with Crippen molar-refractivity contribution in [2.75, 3.05) is 6.54 Å². The Balaban J connectivity index is 2.53. The zero-order chi connectivity index (χ0) is 16.0. The van der Waals surface area contributed by atoms with E-state index in [4.69, 9.17) is 22.3 Å². The molecule has 0 aliphatic carbocycles. The monoisotopic (exact) mass is 413 g/mol. The fourth-order valence-corrected chi connectivity index (χ4v) is 4.08. The third-order valence-corrected chi connectivity index (χ3v) is 6.25. The van der Waals surface area contributed by atoms with Crippen molar-refractivity contribution >= 4 is 53.2 Å². The zero-order valence-corrected chi connectivity index (χ0v) is 15.4. The molecule has 0 radical (unpaired) electrons. The fourth-order valence-electron chi connectivity index (χ4n) is 2.49. The topological polar surface area (TPSA) is 54.5 Å². The first kappa shape index (κ1) is 17.1. The van der Waals surface area contributed by atoms with Crippen LogP contribution in [0.4, 0.5) is 0 Å². The Morgan fingerprint density at radius 3 is 2.48 bits per heavy atom. The number of rotatable bonds is 2. The van der Waals surface area contributed by atoms with Gasteiger partial charge in [0.2, 0.25) is 0 Å². The average Bonchev–Trinajstić information content (AvgIpc) is 2.70. The van der Waals surface area contributed by atoms with Gasteiger partial charge in [-0.05, 0) is 54.8 Å². The molecule has 21 heavy (non-hydrogen) atoms. The fraction of sp³-hybridized carbons (Fsp3) is 0.462. The van der Waals surface area contributed by atoms with Crippen molar-refractivity contribution < 1.29 is 13.2 Å². The van der Waals surface area contributed by atoms with Crippen LogP contribution in [0.3, 0.4) is 0 Å². The highest BCUT2D eigenvalue weighted by molar-refractivity contribution is 9.10. The van der Waals surface area contributed by atoms with Gasteiger partial charge in [0, 0.05) is 27.2 Å². The molecule has 0 unspecified atom stereocenters. The van der Waals surface area contributed by atoms with Crippen LogP contribution in [0.2, 0.25) is 5.02 Å². The lowest BCUT2D eigenvalue weighted by molar-refractivity contribution is 0.0652. The van der Waals surface area contributed by atoms with Crippen molar-refractivity contribution in [3.63, 3.8) is 0 Å². The normalized spacial score (nSPS) is 18.0. The zero-order valence-electron chi connectivity index (χ0n) is 11.5. The number of carbonyl (C=O) groups excluding carboxylic acids is 1. The van der Waals surface area contributed by atoms with Gasteiger partial charge in [0.05, 0.1) is 15.5 Å². The number of hydrogen-bond donors (Lipinski definition) is 0. The lowest BCUT2D eigenvalue weighted by Gasteiger charge is -2.32. The number of hydrogen-bond acceptors (Lipinski definition) is 3. The highest BCUT2D eigenvalue weighted by Gasteiger charge is 2.37. The average molecular weight is 415 g/mol. The number of halogens is 3. The third kappa shape index (κ3) is 3.38. The van der Waals surface area contributed by atoms with Crippen molar-refractivity contribution in [1.29, 1.82) is 0 Å². The van der Waals surface area contributed by atoms with Crippen LogP contribution in [0.5, 0.6) is 0 Å². The molecule has 0 atom stereocenters. The largest absolute Gasteiger partial charge is 0.333 e. The third-order valence-electron chi connectivity index (χ3n) is 3.66. The van der Waals surface area contributed by atoms with Crippen LogP contribution in [0, 0.1) is 0 Å². The Morgan fingerprint density at radius 2 is 2.00 bits per heavy atom. The van der Waals surface area contributed by atoms with Gasteiger partial charge in [-0.25, -0.2) is 8.42 Å². The van der Waals surface area contributed by atoms with Crippen LogP contribution in [0.25, 0.3) is 0 Å². The van der Waals surface area contributed by atoms with Crippen LogP contribution >= 0.6 is 38.2 Å². The molecule has 1 aliphatic heterocycles. The number of likely N-dealkylation sites (tertiary alicyclic amines) is 1. The second kappa shape index (κ2) is 5.72. The molecule has 1 aromatic rings. The number of carbonyl (C=O) groups is 1. The molecule has 1 heterocycles. The first-order valence-corrected chi connectivity index (χ1v) is 9.78. The molecule has 2 rings (SSSR count). The van der Waals surface area contributed by atoms with Crippen molar-refractivity contribution in [3.05, 3.63) is 27.2 Å². The predicted molar refractivity (Wildman–Crippen MR) is 86.5 cm³/mol. The van der Waals surface area contributed by atoms with Gasteiger partial charge in [0.25, 0.3) is 15.0 Å². The van der Waals surface area contributed by atoms with Gasteiger partial charge in [0.15, 0.2) is 0 Å². The Hall–Kier alpha value is -0.300. The van der Waals surface area contributed by atoms with E-state index in [0.29, 0.717) is 11.0 Å². The van der Waals surface area contributed by atoms with E-state index in [1.165, 1.54) is 12.1 Å². The molecular formula is C13H14BrCl2NO3S. The lowest BCUT2D eigenvalue weighted by atomic mass is 10.0. The minimum absolute atomic E-state index is 0.139. The highest BCUT2D eigenvalue weighted by atomic mass is 79.9. The molecule has 1 aromatic carbocycles. The van der Waals surface area contributed by atoms with Gasteiger partial charge >= 0.3 is 0 Å². The van der Waals surface area contributed by atoms with E-state index in [0.717, 1.165) is 12.8 Å². The summed E-state index contributed by atoms with van der Waals surface area (Å²) in [7, 11) is 1.42. The van der Waals surface area contributed by atoms with E-state index >= 15 is 0 Å². The summed E-state index contributed by atoms with van der Waals surface area (Å²) in [6.07, 6.45) is 1.80. The molecule has 0 saturated carbocycles. The summed E-state index contributed by atoms with van der Waals surface area (Å²) in [6, 6.07) is 2.52. The summed E-state index contributed by atoms with van der Waals surface area (Å²) < 4.78 is 23.3. The standard InChI is InChI=1S/C13H14BrCl2NO3S/c1-13(2)4-3-5-17(13)12(18)9-6-8(21(16,19)20)7-10(14)11(9)15/h6-7H,3-5H2,1-2H3. The van der Waals surface area contributed by atoms with Gasteiger partial charge in [0.1, 0.15) is 0 Å². The first-order chi connectivity index (χ1) is 9.54. The van der Waals surface area contributed by atoms with Crippen molar-refractivity contribution in [2.45, 2.75) is 37.1 Å². The number of nitrogens with zero attached hydrogens (tertiary/aromatic N) is 1. The summed E-state index contributed by atoms with van der Waals surface area (Å²) in [4.78, 5) is 14.3. The first-order valence-electron chi connectivity index (χ1n) is 6.30. The van der Waals surface area contributed by atoms with Crippen molar-refractivity contribution in [2.24, 2.45) is 0 Å². The molecule has 0 spiro atoms. The Kier molecular flexibility index (Phi) is 4.65. The van der Waals surface area contributed by atoms with Crippen LogP contribution in [0.15, 0.2) is 21.5 Å². The lowest BCUT2D eigenvalue weighted by Crippen LogP contribution is -2.42. The summed E-state index contributed by atoms with van der Waals surface area (Å²) >= 11 is 9.32. The quantitative estimate of drug-likeness (QED) is 0.686. The van der Waals surface area contributed by atoms with Crippen LogP contribution in [-0.4, -0.2) is 31.3 Å². The van der Waals surface area contributed by atoms with Gasteiger partial charge in [-0.3, -0.25) is 4.79 Å². The molecule has 116 valence electrons. The SMILES string of the molecule is CC1(C)CCCN1C(=O)c1cc(S(=O)(=O)Cl)cc(Br)c1Cl. The van der Waals surface area contributed by atoms with E-state index < -0.39 is 9.05 Å². The van der Waals surface area contributed by atoms with E-state index in [2.05, 4.69) is 15.9 Å². The molecule has 4 nitrogen and oxygen atoms in total. The van der Waals surface area contributed by atoms with Gasteiger partial charge in [-0.1, -0.05) is 11.6 Å². The molecule has 0 aromatic heterocycles. The molecule has 1 fully saturated rings. The molecule has 1 amide bonds. The second-order valence-corrected chi connectivity index (χ2v) is 9.38. The van der Waals surface area contributed by atoms with E-state index in [1.54, 1.807) is 4.90 Å². The number of amides is 1. The van der Waals surface area contributed by atoms with Gasteiger partial charge in [-0.2, -0.15) is 0 Å². The van der Waals surface area contributed by atoms with Crippen LogP contribution in [0.1, 0.15) is 37.0 Å². The molecule has 0 N–H and O–H groups in total. The van der Waals surface area contributed by atoms with E-state index in [-0.39, 0.29) is 26.9 Å². The summed E-state index contributed by atoms with van der Waals surface area (Å²) in [5, 5.41) is 0.187. The van der Waals surface area contributed by atoms with Crippen LogP contribution < -0.4 is 0 Å². The van der Waals surface area contributed by atoms with Gasteiger partial charge < -0.3 is 4.90 Å². The summed E-state index contributed by atoms with van der Waals surface area (Å²) in [6.45, 7) is 4.57. The molecule has 8 heteroatoms. The minimum atomic E-state index is -3.94. The molecule has 1 saturated heterocycles. The number of benzene rings is 1. The Bertz CT molecular complexity index is 704. The molecule has 1 aliphatic rings. The maximum Gasteiger partial charge on any atom is 0.261 e. The molecule has 0 bridgehead atoms. The summed E-state index contributed by atoms with van der Waals surface area (Å²) in [5.74, 6) is -0.287.